The fourth-order valence-corrected chi connectivity index (χ4v) is 4.50. The molecule has 1 saturated heterocycles. The Morgan fingerprint density at radius 1 is 1.36 bits per heavy atom. The summed E-state index contributed by atoms with van der Waals surface area (Å²) in [4.78, 5) is 6.72. The Kier molecular flexibility index (Phi) is 4.67. The summed E-state index contributed by atoms with van der Waals surface area (Å²) < 4.78 is 27.3. The number of sulfonamides is 1. The molecule has 22 heavy (non-hydrogen) atoms. The average Bonchev–Trinajstić information content (AvgIpc) is 3.16. The highest BCUT2D eigenvalue weighted by molar-refractivity contribution is 7.89. The summed E-state index contributed by atoms with van der Waals surface area (Å²) in [6.07, 6.45) is 3.78. The van der Waals surface area contributed by atoms with Crippen molar-refractivity contribution < 1.29 is 8.42 Å². The molecule has 1 N–H and O–H groups in total. The molecule has 1 aromatic carbocycles. The first-order valence-electron chi connectivity index (χ1n) is 6.97. The number of hydrogen-bond acceptors (Lipinski definition) is 5. The first kappa shape index (κ1) is 15.7. The lowest BCUT2D eigenvalue weighted by atomic mass is 10.2. The van der Waals surface area contributed by atoms with Gasteiger partial charge in [-0.1, -0.05) is 11.6 Å². The van der Waals surface area contributed by atoms with Crippen molar-refractivity contribution in [3.63, 3.8) is 0 Å². The number of nitrogens with zero attached hydrogens (tertiary/aromatic N) is 2. The molecule has 2 aromatic rings. The maximum Gasteiger partial charge on any atom is 0.240 e. The van der Waals surface area contributed by atoms with Crippen LogP contribution in [0.3, 0.4) is 0 Å². The highest BCUT2D eigenvalue weighted by Crippen LogP contribution is 2.27. The number of anilines is 1. The minimum atomic E-state index is -3.51. The first-order valence-corrected chi connectivity index (χ1v) is 9.72. The van der Waals surface area contributed by atoms with Crippen molar-refractivity contribution in [2.45, 2.75) is 23.8 Å². The van der Waals surface area contributed by atoms with E-state index in [9.17, 15) is 8.42 Å². The van der Waals surface area contributed by atoms with Crippen LogP contribution in [0.15, 0.2) is 40.7 Å². The molecule has 118 valence electrons. The van der Waals surface area contributed by atoms with E-state index in [1.165, 1.54) is 12.1 Å². The fourth-order valence-electron chi connectivity index (χ4n) is 2.56. The smallest absolute Gasteiger partial charge is 0.240 e. The molecule has 0 amide bonds. The van der Waals surface area contributed by atoms with Crippen LogP contribution in [0.1, 0.15) is 12.8 Å². The summed E-state index contributed by atoms with van der Waals surface area (Å²) in [6, 6.07) is 6.32. The molecule has 2 heterocycles. The molecule has 0 radical (unpaired) electrons. The van der Waals surface area contributed by atoms with E-state index in [0.717, 1.165) is 24.5 Å². The molecule has 0 saturated carbocycles. The number of hydrogen-bond donors (Lipinski definition) is 1. The van der Waals surface area contributed by atoms with Gasteiger partial charge in [0.15, 0.2) is 5.13 Å². The molecule has 3 rings (SSSR count). The van der Waals surface area contributed by atoms with E-state index in [1.807, 2.05) is 5.38 Å². The molecule has 1 aliphatic rings. The van der Waals surface area contributed by atoms with Crippen molar-refractivity contribution in [2.24, 2.45) is 0 Å². The summed E-state index contributed by atoms with van der Waals surface area (Å²) in [6.45, 7) is 1.30. The van der Waals surface area contributed by atoms with Gasteiger partial charge in [0.05, 0.1) is 4.90 Å². The lowest BCUT2D eigenvalue weighted by Crippen LogP contribution is -2.40. The highest BCUT2D eigenvalue weighted by Gasteiger charge is 2.27. The Bertz CT molecular complexity index is 717. The van der Waals surface area contributed by atoms with Crippen molar-refractivity contribution in [3.8, 4) is 0 Å². The van der Waals surface area contributed by atoms with Gasteiger partial charge in [0.25, 0.3) is 0 Å². The van der Waals surface area contributed by atoms with Crippen LogP contribution in [0.2, 0.25) is 5.02 Å². The van der Waals surface area contributed by atoms with Gasteiger partial charge in [0.1, 0.15) is 0 Å². The lowest BCUT2D eigenvalue weighted by Gasteiger charge is -2.24. The van der Waals surface area contributed by atoms with Crippen LogP contribution in [-0.2, 0) is 10.0 Å². The number of thiazole rings is 1. The van der Waals surface area contributed by atoms with Crippen LogP contribution in [-0.4, -0.2) is 32.5 Å². The monoisotopic (exact) mass is 357 g/mol. The zero-order valence-electron chi connectivity index (χ0n) is 11.8. The van der Waals surface area contributed by atoms with Crippen LogP contribution in [0, 0.1) is 0 Å². The molecule has 8 heteroatoms. The van der Waals surface area contributed by atoms with Gasteiger partial charge >= 0.3 is 0 Å². The maximum atomic E-state index is 12.3. The molecule has 1 aliphatic heterocycles. The van der Waals surface area contributed by atoms with Gasteiger partial charge in [-0.2, -0.15) is 0 Å². The third-order valence-corrected chi connectivity index (χ3v) is 6.18. The van der Waals surface area contributed by atoms with Gasteiger partial charge in [-0.05, 0) is 37.1 Å². The predicted molar refractivity (Wildman–Crippen MR) is 89.1 cm³/mol. The predicted octanol–water partition coefficient (Wildman–Crippen LogP) is 2.74. The molecule has 5 nitrogen and oxygen atoms in total. The van der Waals surface area contributed by atoms with Crippen LogP contribution < -0.4 is 9.62 Å². The molecular formula is C14H16ClN3O2S2. The summed E-state index contributed by atoms with van der Waals surface area (Å²) >= 11 is 7.37. The summed E-state index contributed by atoms with van der Waals surface area (Å²) in [7, 11) is -3.51. The van der Waals surface area contributed by atoms with E-state index in [4.69, 9.17) is 11.6 Å². The zero-order chi connectivity index (χ0) is 15.6. The van der Waals surface area contributed by atoms with Gasteiger partial charge in [0, 0.05) is 35.7 Å². The molecular weight excluding hydrogens is 342 g/mol. The number of nitrogens with one attached hydrogen (secondary N) is 1. The average molecular weight is 358 g/mol. The Balaban J connectivity index is 1.67. The van der Waals surface area contributed by atoms with E-state index >= 15 is 0 Å². The Hall–Kier alpha value is -1.15. The van der Waals surface area contributed by atoms with Crippen LogP contribution in [0.4, 0.5) is 5.13 Å². The van der Waals surface area contributed by atoms with Gasteiger partial charge in [-0.25, -0.2) is 18.1 Å². The minimum absolute atomic E-state index is 0.147. The minimum Gasteiger partial charge on any atom is -0.344 e. The van der Waals surface area contributed by atoms with E-state index in [1.54, 1.807) is 29.7 Å². The topological polar surface area (TPSA) is 62.3 Å². The van der Waals surface area contributed by atoms with Crippen molar-refractivity contribution >= 4 is 38.1 Å². The normalized spacial score (nSPS) is 18.8. The van der Waals surface area contributed by atoms with Gasteiger partial charge in [-0.3, -0.25) is 0 Å². The summed E-state index contributed by atoms with van der Waals surface area (Å²) in [5, 5.41) is 3.40. The van der Waals surface area contributed by atoms with Crippen LogP contribution in [0.25, 0.3) is 0 Å². The molecule has 1 unspecified atom stereocenters. The molecule has 1 aromatic heterocycles. The Labute approximate surface area is 139 Å². The molecule has 0 spiro atoms. The SMILES string of the molecule is O=S(=O)(NCC1CCCN1c1nccs1)c1ccc(Cl)cc1. The highest BCUT2D eigenvalue weighted by atomic mass is 35.5. The van der Waals surface area contributed by atoms with Crippen molar-refractivity contribution in [1.29, 1.82) is 0 Å². The van der Waals surface area contributed by atoms with Gasteiger partial charge in [-0.15, -0.1) is 11.3 Å². The van der Waals surface area contributed by atoms with Crippen molar-refractivity contribution in [1.82, 2.24) is 9.71 Å². The standard InChI is InChI=1S/C14H16ClN3O2S2/c15-11-3-5-13(6-4-11)22(19,20)17-10-12-2-1-8-18(12)14-16-7-9-21-14/h3-7,9,12,17H,1-2,8,10H2. The first-order chi connectivity index (χ1) is 10.6. The molecule has 0 bridgehead atoms. The van der Waals surface area contributed by atoms with E-state index < -0.39 is 10.0 Å². The third kappa shape index (κ3) is 3.43. The lowest BCUT2D eigenvalue weighted by molar-refractivity contribution is 0.567. The summed E-state index contributed by atoms with van der Waals surface area (Å²) in [5.74, 6) is 0. The van der Waals surface area contributed by atoms with Crippen molar-refractivity contribution in [3.05, 3.63) is 40.9 Å². The number of benzene rings is 1. The maximum absolute atomic E-state index is 12.3. The second kappa shape index (κ2) is 6.54. The molecule has 1 fully saturated rings. The van der Waals surface area contributed by atoms with Crippen LogP contribution >= 0.6 is 22.9 Å². The number of halogens is 1. The quantitative estimate of drug-likeness (QED) is 0.893. The van der Waals surface area contributed by atoms with E-state index in [0.29, 0.717) is 11.6 Å². The van der Waals surface area contributed by atoms with E-state index in [-0.39, 0.29) is 10.9 Å². The van der Waals surface area contributed by atoms with E-state index in [2.05, 4.69) is 14.6 Å². The number of rotatable bonds is 5. The van der Waals surface area contributed by atoms with Crippen LogP contribution in [0.5, 0.6) is 0 Å². The van der Waals surface area contributed by atoms with Crippen molar-refractivity contribution in [2.75, 3.05) is 18.0 Å². The zero-order valence-corrected chi connectivity index (χ0v) is 14.2. The largest absolute Gasteiger partial charge is 0.344 e. The molecule has 0 aliphatic carbocycles. The number of aromatic nitrogens is 1. The third-order valence-electron chi connectivity index (χ3n) is 3.68. The Morgan fingerprint density at radius 2 is 2.14 bits per heavy atom. The van der Waals surface area contributed by atoms with Gasteiger partial charge in [0.2, 0.25) is 10.0 Å². The fraction of sp³-hybridized carbons (Fsp3) is 0.357. The summed E-state index contributed by atoms with van der Waals surface area (Å²) in [5.41, 5.74) is 0. The Morgan fingerprint density at radius 3 is 2.82 bits per heavy atom. The second-order valence-corrected chi connectivity index (χ2v) is 8.19. The molecule has 1 atom stereocenters. The second-order valence-electron chi connectivity index (χ2n) is 5.11. The van der Waals surface area contributed by atoms with Gasteiger partial charge < -0.3 is 4.90 Å².